The molecule has 1 aliphatic heterocycles. The Morgan fingerprint density at radius 3 is 2.64 bits per heavy atom. The largest absolute Gasteiger partial charge is 0.366 e. The van der Waals surface area contributed by atoms with Gasteiger partial charge in [-0.05, 0) is 13.8 Å². The summed E-state index contributed by atoms with van der Waals surface area (Å²) in [7, 11) is 0. The molecule has 0 bridgehead atoms. The van der Waals surface area contributed by atoms with Gasteiger partial charge in [0.05, 0.1) is 11.5 Å². The number of thioether (sulfide) groups is 1. The summed E-state index contributed by atoms with van der Waals surface area (Å²) < 4.78 is 5.11. The van der Waals surface area contributed by atoms with Crippen LogP contribution < -0.4 is 0 Å². The minimum Gasteiger partial charge on any atom is -0.366 e. The highest BCUT2D eigenvalue weighted by Crippen LogP contribution is 2.18. The zero-order chi connectivity index (χ0) is 10.8. The van der Waals surface area contributed by atoms with Gasteiger partial charge in [0.25, 0.3) is 0 Å². The van der Waals surface area contributed by atoms with E-state index in [0.717, 1.165) is 0 Å². The van der Waals surface area contributed by atoms with Crippen molar-refractivity contribution in [1.82, 2.24) is 0 Å². The fraction of sp³-hybridized carbons (Fsp3) is 0.778. The Balaban J connectivity index is 2.64. The first-order chi connectivity index (χ1) is 6.38. The minimum atomic E-state index is -1.37. The second kappa shape index (κ2) is 4.42. The van der Waals surface area contributed by atoms with E-state index in [1.54, 1.807) is 0 Å². The Morgan fingerprint density at radius 2 is 2.07 bits per heavy atom. The van der Waals surface area contributed by atoms with E-state index in [0.29, 0.717) is 5.75 Å². The molecule has 0 aromatic carbocycles. The molecule has 1 fully saturated rings. The van der Waals surface area contributed by atoms with E-state index < -0.39 is 11.9 Å². The van der Waals surface area contributed by atoms with Gasteiger partial charge in [-0.15, -0.1) is 11.8 Å². The summed E-state index contributed by atoms with van der Waals surface area (Å²) >= 11 is 1.30. The van der Waals surface area contributed by atoms with Crippen molar-refractivity contribution in [2.75, 3.05) is 11.5 Å². The summed E-state index contributed by atoms with van der Waals surface area (Å²) in [6.07, 6.45) is -0.701. The van der Waals surface area contributed by atoms with E-state index >= 15 is 0 Å². The lowest BCUT2D eigenvalue weighted by molar-refractivity contribution is -0.205. The number of ketones is 2. The fourth-order valence-corrected chi connectivity index (χ4v) is 2.03. The second-order valence-electron chi connectivity index (χ2n) is 3.76. The maximum Gasteiger partial charge on any atom is 0.171 e. The van der Waals surface area contributed by atoms with E-state index in [-0.39, 0.29) is 23.7 Å². The van der Waals surface area contributed by atoms with Crippen molar-refractivity contribution >= 4 is 23.3 Å². The van der Waals surface area contributed by atoms with Crippen molar-refractivity contribution in [2.24, 2.45) is 0 Å². The number of aliphatic hydroxyl groups is 1. The van der Waals surface area contributed by atoms with Crippen molar-refractivity contribution in [1.29, 1.82) is 0 Å². The van der Waals surface area contributed by atoms with Crippen molar-refractivity contribution in [3.8, 4) is 0 Å². The van der Waals surface area contributed by atoms with Gasteiger partial charge in [0, 0.05) is 6.42 Å². The Bertz CT molecular complexity index is 244. The molecule has 0 saturated carbocycles. The molecular weight excluding hydrogens is 204 g/mol. The molecule has 0 spiro atoms. The van der Waals surface area contributed by atoms with Gasteiger partial charge < -0.3 is 9.84 Å². The molecule has 14 heavy (non-hydrogen) atoms. The van der Waals surface area contributed by atoms with Crippen LogP contribution in [-0.2, 0) is 14.3 Å². The number of carbonyl (C=O) groups excluding carboxylic acids is 2. The van der Waals surface area contributed by atoms with E-state index in [1.165, 1.54) is 25.6 Å². The molecule has 0 aliphatic carbocycles. The van der Waals surface area contributed by atoms with E-state index in [9.17, 15) is 14.7 Å². The third-order valence-corrected chi connectivity index (χ3v) is 2.72. The monoisotopic (exact) mass is 218 g/mol. The molecule has 1 saturated heterocycles. The van der Waals surface area contributed by atoms with Gasteiger partial charge >= 0.3 is 0 Å². The smallest absolute Gasteiger partial charge is 0.171 e. The van der Waals surface area contributed by atoms with E-state index in [2.05, 4.69) is 0 Å². The van der Waals surface area contributed by atoms with E-state index in [1.807, 2.05) is 0 Å². The number of ether oxygens (including phenoxy) is 1. The van der Waals surface area contributed by atoms with Crippen LogP contribution in [0.15, 0.2) is 0 Å². The quantitative estimate of drug-likeness (QED) is 0.679. The van der Waals surface area contributed by atoms with Gasteiger partial charge in [-0.1, -0.05) is 0 Å². The van der Waals surface area contributed by atoms with E-state index in [4.69, 9.17) is 4.74 Å². The predicted molar refractivity (Wildman–Crippen MR) is 53.1 cm³/mol. The maximum atomic E-state index is 11.4. The standard InChI is InChI=1S/C9H14O4S/c1-9(2,12)13-8-3-6(10)4-14-5-7(8)11/h8,12H,3-5H2,1-2H3/t8-/m1/s1. The van der Waals surface area contributed by atoms with Crippen molar-refractivity contribution in [2.45, 2.75) is 32.2 Å². The van der Waals surface area contributed by atoms with Crippen LogP contribution in [0.5, 0.6) is 0 Å². The highest BCUT2D eigenvalue weighted by atomic mass is 32.2. The minimum absolute atomic E-state index is 0.00454. The number of carbonyl (C=O) groups is 2. The zero-order valence-corrected chi connectivity index (χ0v) is 9.10. The molecule has 5 heteroatoms. The Labute approximate surface area is 87.0 Å². The molecule has 1 aliphatic rings. The third-order valence-electron chi connectivity index (χ3n) is 1.71. The summed E-state index contributed by atoms with van der Waals surface area (Å²) in [6.45, 7) is 2.89. The van der Waals surface area contributed by atoms with Gasteiger partial charge in [0.2, 0.25) is 0 Å². The van der Waals surface area contributed by atoms with Crippen molar-refractivity contribution in [3.63, 3.8) is 0 Å². The van der Waals surface area contributed by atoms with Crippen molar-refractivity contribution in [3.05, 3.63) is 0 Å². The average molecular weight is 218 g/mol. The molecular formula is C9H14O4S. The molecule has 0 aromatic rings. The van der Waals surface area contributed by atoms with Crippen LogP contribution in [0.1, 0.15) is 20.3 Å². The highest BCUT2D eigenvalue weighted by molar-refractivity contribution is 8.00. The average Bonchev–Trinajstić information content (AvgIpc) is 2.11. The van der Waals surface area contributed by atoms with Gasteiger partial charge in [-0.25, -0.2) is 0 Å². The molecule has 1 atom stereocenters. The number of hydrogen-bond donors (Lipinski definition) is 1. The Kier molecular flexibility index (Phi) is 3.69. The highest BCUT2D eigenvalue weighted by Gasteiger charge is 2.30. The molecule has 0 radical (unpaired) electrons. The van der Waals surface area contributed by atoms with Crippen LogP contribution in [-0.4, -0.2) is 40.1 Å². The van der Waals surface area contributed by atoms with Crippen LogP contribution in [0, 0.1) is 0 Å². The number of Topliss-reactive ketones (excluding diaryl/α,β-unsaturated/α-hetero) is 2. The zero-order valence-electron chi connectivity index (χ0n) is 8.28. The summed E-state index contributed by atoms with van der Waals surface area (Å²) in [5.74, 6) is -0.849. The second-order valence-corrected chi connectivity index (χ2v) is 4.74. The number of hydrogen-bond acceptors (Lipinski definition) is 5. The molecule has 80 valence electrons. The summed E-state index contributed by atoms with van der Waals surface area (Å²) in [4.78, 5) is 22.6. The third kappa shape index (κ3) is 3.77. The maximum absolute atomic E-state index is 11.4. The predicted octanol–water partition coefficient (Wildman–Crippen LogP) is 0.375. The molecule has 1 heterocycles. The summed E-state index contributed by atoms with van der Waals surface area (Å²) in [6, 6.07) is 0. The van der Waals surface area contributed by atoms with Crippen LogP contribution in [0.4, 0.5) is 0 Å². The van der Waals surface area contributed by atoms with Gasteiger partial charge in [-0.2, -0.15) is 0 Å². The molecule has 0 amide bonds. The summed E-state index contributed by atoms with van der Waals surface area (Å²) in [5.41, 5.74) is 0. The molecule has 4 nitrogen and oxygen atoms in total. The SMILES string of the molecule is CC(C)(O)O[C@@H]1CC(=O)CSCC1=O. The Hall–Kier alpha value is -0.390. The van der Waals surface area contributed by atoms with Crippen LogP contribution >= 0.6 is 11.8 Å². The Morgan fingerprint density at radius 1 is 1.43 bits per heavy atom. The normalized spacial score (nSPS) is 24.9. The van der Waals surface area contributed by atoms with Gasteiger partial charge in [-0.3, -0.25) is 9.59 Å². The van der Waals surface area contributed by atoms with Crippen LogP contribution in [0.2, 0.25) is 0 Å². The van der Waals surface area contributed by atoms with Gasteiger partial charge in [0.15, 0.2) is 11.6 Å². The first kappa shape index (κ1) is 11.7. The van der Waals surface area contributed by atoms with Crippen LogP contribution in [0.3, 0.4) is 0 Å². The first-order valence-electron chi connectivity index (χ1n) is 4.41. The lowest BCUT2D eigenvalue weighted by Gasteiger charge is -2.23. The fourth-order valence-electron chi connectivity index (χ4n) is 1.19. The van der Waals surface area contributed by atoms with Crippen LogP contribution in [0.25, 0.3) is 0 Å². The first-order valence-corrected chi connectivity index (χ1v) is 5.56. The molecule has 1 rings (SSSR count). The summed E-state index contributed by atoms with van der Waals surface area (Å²) in [5, 5.41) is 9.37. The topological polar surface area (TPSA) is 63.6 Å². The number of rotatable bonds is 2. The lowest BCUT2D eigenvalue weighted by Crippen LogP contribution is -2.36. The van der Waals surface area contributed by atoms with Gasteiger partial charge in [0.1, 0.15) is 11.9 Å². The molecule has 1 N–H and O–H groups in total. The lowest BCUT2D eigenvalue weighted by atomic mass is 10.1. The molecule has 0 aromatic heterocycles. The van der Waals surface area contributed by atoms with Crippen molar-refractivity contribution < 1.29 is 19.4 Å². The molecule has 0 unspecified atom stereocenters.